The molecule has 0 atom stereocenters. The van der Waals surface area contributed by atoms with Gasteiger partial charge in [-0.05, 0) is 24.0 Å². The number of nitrogens with one attached hydrogen (secondary N) is 1. The quantitative estimate of drug-likeness (QED) is 0.516. The fourth-order valence-electron chi connectivity index (χ4n) is 3.61. The van der Waals surface area contributed by atoms with E-state index in [4.69, 9.17) is 15.2 Å². The monoisotopic (exact) mass is 489 g/mol. The van der Waals surface area contributed by atoms with Crippen molar-refractivity contribution < 1.29 is 19.1 Å². The van der Waals surface area contributed by atoms with Gasteiger partial charge in [-0.25, -0.2) is 4.79 Å². The van der Waals surface area contributed by atoms with Crippen molar-refractivity contribution in [3.8, 4) is 11.5 Å². The van der Waals surface area contributed by atoms with Gasteiger partial charge in [-0.15, -0.1) is 0 Å². The van der Waals surface area contributed by atoms with Gasteiger partial charge < -0.3 is 25.0 Å². The molecule has 3 N–H and O–H groups in total. The summed E-state index contributed by atoms with van der Waals surface area (Å²) < 4.78 is 11.7. The van der Waals surface area contributed by atoms with Gasteiger partial charge in [0.15, 0.2) is 5.69 Å². The molecular weight excluding hydrogens is 454 g/mol. The summed E-state index contributed by atoms with van der Waals surface area (Å²) in [6.07, 6.45) is 0. The lowest BCUT2D eigenvalue weighted by atomic mass is 10.1. The van der Waals surface area contributed by atoms with Crippen molar-refractivity contribution in [3.05, 3.63) is 44.6 Å². The van der Waals surface area contributed by atoms with Gasteiger partial charge in [0.1, 0.15) is 23.9 Å². The predicted molar refractivity (Wildman–Crippen MR) is 134 cm³/mol. The first-order valence-corrected chi connectivity index (χ1v) is 11.3. The fraction of sp³-hybridized carbons (Fsp3) is 0.500. The molecule has 0 fully saturated rings. The van der Waals surface area contributed by atoms with Crippen molar-refractivity contribution in [2.75, 3.05) is 45.0 Å². The zero-order valence-electron chi connectivity index (χ0n) is 21.4. The molecule has 0 aliphatic carbocycles. The molecule has 0 aliphatic heterocycles. The van der Waals surface area contributed by atoms with Crippen LogP contribution in [0.25, 0.3) is 0 Å². The molecule has 0 radical (unpaired) electrons. The maximum absolute atomic E-state index is 13.4. The third-order valence-corrected chi connectivity index (χ3v) is 5.24. The van der Waals surface area contributed by atoms with Crippen LogP contribution in [0.4, 0.5) is 11.5 Å². The lowest BCUT2D eigenvalue weighted by Crippen LogP contribution is -2.47. The highest BCUT2D eigenvalue weighted by Gasteiger charge is 2.28. The second kappa shape index (κ2) is 11.6. The van der Waals surface area contributed by atoms with Gasteiger partial charge in [0.2, 0.25) is 5.91 Å². The van der Waals surface area contributed by atoms with E-state index in [1.54, 1.807) is 18.2 Å². The molecule has 0 saturated carbocycles. The topological polar surface area (TPSA) is 140 Å². The van der Waals surface area contributed by atoms with E-state index < -0.39 is 23.1 Å². The molecule has 35 heavy (non-hydrogen) atoms. The fourth-order valence-corrected chi connectivity index (χ4v) is 3.61. The molecular formula is C24H35N5O6. The maximum atomic E-state index is 13.4. The molecule has 2 rings (SSSR count). The van der Waals surface area contributed by atoms with Crippen LogP contribution in [-0.2, 0) is 11.3 Å². The number of carbonyl (C=O) groups excluding carboxylic acids is 2. The smallest absolute Gasteiger partial charge is 0.330 e. The Morgan fingerprint density at radius 2 is 1.74 bits per heavy atom. The van der Waals surface area contributed by atoms with Gasteiger partial charge in [-0.1, -0.05) is 27.7 Å². The molecule has 11 heteroatoms. The molecule has 192 valence electrons. The van der Waals surface area contributed by atoms with E-state index in [-0.39, 0.29) is 48.5 Å². The highest BCUT2D eigenvalue weighted by Crippen LogP contribution is 2.26. The SMILES string of the molecule is COc1ccc(C(=O)N(C)CC(=O)N(CC(C)C)c2c(N)n(CC(C)C)c(=O)[nH]c2=O)c(OC)c1. The number of nitrogens with two attached hydrogens (primary N) is 1. The number of likely N-dealkylation sites (N-methyl/N-ethyl adjacent to an activating group) is 1. The Morgan fingerprint density at radius 3 is 2.29 bits per heavy atom. The Kier molecular flexibility index (Phi) is 9.10. The van der Waals surface area contributed by atoms with Crippen LogP contribution in [0.5, 0.6) is 11.5 Å². The number of hydrogen-bond donors (Lipinski definition) is 2. The zero-order chi connectivity index (χ0) is 26.4. The normalized spacial score (nSPS) is 11.0. The number of ether oxygens (including phenoxy) is 2. The minimum Gasteiger partial charge on any atom is -0.497 e. The van der Waals surface area contributed by atoms with Gasteiger partial charge in [0, 0.05) is 26.2 Å². The molecule has 0 unspecified atom stereocenters. The summed E-state index contributed by atoms with van der Waals surface area (Å²) in [7, 11) is 4.41. The van der Waals surface area contributed by atoms with Crippen LogP contribution >= 0.6 is 0 Å². The van der Waals surface area contributed by atoms with Crippen LogP contribution in [0.3, 0.4) is 0 Å². The third kappa shape index (κ3) is 6.43. The number of aromatic nitrogens is 2. The molecule has 1 heterocycles. The number of nitrogen functional groups attached to an aromatic ring is 1. The number of methoxy groups -OCH3 is 2. The molecule has 0 aliphatic rings. The summed E-state index contributed by atoms with van der Waals surface area (Å²) in [4.78, 5) is 56.3. The van der Waals surface area contributed by atoms with Crippen LogP contribution < -0.4 is 31.4 Å². The molecule has 1 aromatic carbocycles. The number of rotatable bonds is 10. The Bertz CT molecular complexity index is 1180. The highest BCUT2D eigenvalue weighted by molar-refractivity contribution is 6.02. The van der Waals surface area contributed by atoms with Gasteiger partial charge in [-0.2, -0.15) is 0 Å². The Labute approximate surface area is 204 Å². The summed E-state index contributed by atoms with van der Waals surface area (Å²) in [5.41, 5.74) is 4.99. The minimum absolute atomic E-state index is 0.0223. The second-order valence-electron chi connectivity index (χ2n) is 9.12. The Balaban J connectivity index is 2.43. The number of benzene rings is 1. The number of carbonyl (C=O) groups is 2. The van der Waals surface area contributed by atoms with Gasteiger partial charge in [0.25, 0.3) is 11.5 Å². The van der Waals surface area contributed by atoms with Crippen LogP contribution in [0.15, 0.2) is 27.8 Å². The van der Waals surface area contributed by atoms with Crippen molar-refractivity contribution in [1.82, 2.24) is 14.5 Å². The van der Waals surface area contributed by atoms with Crippen molar-refractivity contribution in [1.29, 1.82) is 0 Å². The van der Waals surface area contributed by atoms with Gasteiger partial charge in [0.05, 0.1) is 19.8 Å². The lowest BCUT2D eigenvalue weighted by Gasteiger charge is -2.28. The van der Waals surface area contributed by atoms with Gasteiger partial charge >= 0.3 is 5.69 Å². The summed E-state index contributed by atoms with van der Waals surface area (Å²) in [6.45, 7) is 7.68. The Morgan fingerprint density at radius 1 is 1.09 bits per heavy atom. The molecule has 0 bridgehead atoms. The van der Waals surface area contributed by atoms with E-state index >= 15 is 0 Å². The first kappa shape index (κ1) is 27.5. The summed E-state index contributed by atoms with van der Waals surface area (Å²) in [5, 5.41) is 0. The minimum atomic E-state index is -0.757. The van der Waals surface area contributed by atoms with Crippen LogP contribution in [0.1, 0.15) is 38.1 Å². The van der Waals surface area contributed by atoms with Crippen LogP contribution in [-0.4, -0.2) is 60.6 Å². The second-order valence-corrected chi connectivity index (χ2v) is 9.12. The van der Waals surface area contributed by atoms with Gasteiger partial charge in [-0.3, -0.25) is 23.9 Å². The average molecular weight is 490 g/mol. The number of aromatic amines is 1. The summed E-state index contributed by atoms with van der Waals surface area (Å²) >= 11 is 0. The van der Waals surface area contributed by atoms with Crippen molar-refractivity contribution in [3.63, 3.8) is 0 Å². The number of hydrogen-bond acceptors (Lipinski definition) is 7. The van der Waals surface area contributed by atoms with Crippen molar-refractivity contribution in [2.24, 2.45) is 11.8 Å². The summed E-state index contributed by atoms with van der Waals surface area (Å²) in [6, 6.07) is 4.75. The van der Waals surface area contributed by atoms with E-state index in [1.807, 2.05) is 27.7 Å². The van der Waals surface area contributed by atoms with E-state index in [0.29, 0.717) is 11.5 Å². The zero-order valence-corrected chi connectivity index (χ0v) is 21.4. The number of H-pyrrole nitrogens is 1. The lowest BCUT2D eigenvalue weighted by molar-refractivity contribution is -0.119. The van der Waals surface area contributed by atoms with Crippen molar-refractivity contribution >= 4 is 23.3 Å². The van der Waals surface area contributed by atoms with E-state index in [0.717, 1.165) is 0 Å². The molecule has 0 spiro atoms. The van der Waals surface area contributed by atoms with Crippen LogP contribution in [0, 0.1) is 11.8 Å². The number of amides is 2. The molecule has 2 amide bonds. The third-order valence-electron chi connectivity index (χ3n) is 5.24. The predicted octanol–water partition coefficient (Wildman–Crippen LogP) is 1.55. The summed E-state index contributed by atoms with van der Waals surface area (Å²) in [5.74, 6) is -0.187. The molecule has 2 aromatic rings. The van der Waals surface area contributed by atoms with E-state index in [9.17, 15) is 19.2 Å². The highest BCUT2D eigenvalue weighted by atomic mass is 16.5. The molecule has 0 saturated heterocycles. The van der Waals surface area contributed by atoms with E-state index in [2.05, 4.69) is 4.98 Å². The van der Waals surface area contributed by atoms with Crippen LogP contribution in [0.2, 0.25) is 0 Å². The molecule has 1 aromatic heterocycles. The first-order valence-electron chi connectivity index (χ1n) is 11.3. The first-order chi connectivity index (χ1) is 16.4. The van der Waals surface area contributed by atoms with E-state index in [1.165, 1.54) is 35.6 Å². The standard InChI is InChI=1S/C24H35N5O6/c1-14(2)11-28(20-21(25)29(12-15(3)4)24(33)26-22(20)31)19(30)13-27(5)23(32)17-9-8-16(34-6)10-18(17)35-7/h8-10,14-15H,11-13,25H2,1-7H3,(H,26,31,33). The Hall–Kier alpha value is -3.76. The molecule has 11 nitrogen and oxygen atoms in total. The largest absolute Gasteiger partial charge is 0.497 e. The average Bonchev–Trinajstić information content (AvgIpc) is 2.79. The number of anilines is 2. The number of nitrogens with zero attached hydrogens (tertiary/aromatic N) is 3. The van der Waals surface area contributed by atoms with Crippen molar-refractivity contribution in [2.45, 2.75) is 34.2 Å². The maximum Gasteiger partial charge on any atom is 0.330 e.